The molecule has 3 atom stereocenters. The number of likely N-dealkylation sites (tertiary alicyclic amines) is 1. The zero-order valence-corrected chi connectivity index (χ0v) is 27.4. The number of fused-ring (bicyclic) bond motifs is 1. The van der Waals surface area contributed by atoms with Crippen LogP contribution in [0.15, 0.2) is 47.4 Å². The van der Waals surface area contributed by atoms with Crippen LogP contribution in [0.4, 0.5) is 41.2 Å². The van der Waals surface area contributed by atoms with Gasteiger partial charge >= 0.3 is 18.4 Å². The quantitative estimate of drug-likeness (QED) is 0.350. The molecule has 0 aromatic heterocycles. The van der Waals surface area contributed by atoms with Crippen LogP contribution in [0.5, 0.6) is 0 Å². The van der Waals surface area contributed by atoms with Gasteiger partial charge in [0.15, 0.2) is 0 Å². The maximum absolute atomic E-state index is 13.9. The third-order valence-electron chi connectivity index (χ3n) is 8.39. The number of piperidine rings is 1. The van der Waals surface area contributed by atoms with Crippen molar-refractivity contribution in [2.75, 3.05) is 24.0 Å². The average molecular weight is 728 g/mol. The number of alkyl halides is 6. The molecule has 18 heteroatoms. The lowest BCUT2D eigenvalue weighted by Crippen LogP contribution is -2.55. The summed E-state index contributed by atoms with van der Waals surface area (Å²) in [6, 6.07) is 3.13. The molecule has 2 amide bonds. The molecule has 272 valence electrons. The first kappa shape index (κ1) is 38.2. The molecule has 0 aliphatic carbocycles. The van der Waals surface area contributed by atoms with Crippen molar-refractivity contribution in [2.24, 2.45) is 5.92 Å². The van der Waals surface area contributed by atoms with E-state index in [9.17, 15) is 59.0 Å². The van der Waals surface area contributed by atoms with Crippen LogP contribution in [0.25, 0.3) is 0 Å². The van der Waals surface area contributed by atoms with Crippen LogP contribution in [-0.2, 0) is 31.6 Å². The SMILES string of the molecule is CC(C)(C)OC(=O)N1CC[C@@H](NC(=O)C[C@@H]2CCc3cc(C(O)(C(F)(F)F)C(F)(F)F)ccc3N2S(=O)(=O)c2ccc(F)cc2)[C@H](CO)C1. The molecule has 2 aliphatic heterocycles. The van der Waals surface area contributed by atoms with Crippen LogP contribution < -0.4 is 9.62 Å². The lowest BCUT2D eigenvalue weighted by molar-refractivity contribution is -0.376. The van der Waals surface area contributed by atoms with E-state index in [2.05, 4.69) is 5.32 Å². The number of aryl methyl sites for hydroxylation is 1. The lowest BCUT2D eigenvalue weighted by Gasteiger charge is -2.40. The van der Waals surface area contributed by atoms with E-state index in [1.807, 2.05) is 0 Å². The number of hydrogen-bond acceptors (Lipinski definition) is 7. The van der Waals surface area contributed by atoms with Gasteiger partial charge in [0, 0.05) is 43.6 Å². The Morgan fingerprint density at radius 2 is 1.59 bits per heavy atom. The number of carbonyl (C=O) groups is 2. The summed E-state index contributed by atoms with van der Waals surface area (Å²) < 4.78 is 129. The Labute approximate surface area is 277 Å². The van der Waals surface area contributed by atoms with E-state index in [0.717, 1.165) is 24.3 Å². The number of nitrogens with one attached hydrogen (secondary N) is 1. The molecule has 2 aromatic carbocycles. The fourth-order valence-corrected chi connectivity index (χ4v) is 7.68. The molecule has 1 fully saturated rings. The van der Waals surface area contributed by atoms with E-state index in [-0.39, 0.29) is 43.6 Å². The Bertz CT molecular complexity index is 1630. The largest absolute Gasteiger partial charge is 0.444 e. The second-order valence-electron chi connectivity index (χ2n) is 13.0. The van der Waals surface area contributed by atoms with Crippen molar-refractivity contribution in [3.05, 3.63) is 59.4 Å². The smallest absolute Gasteiger partial charge is 0.430 e. The molecule has 0 bridgehead atoms. The van der Waals surface area contributed by atoms with Gasteiger partial charge in [-0.05, 0) is 75.9 Å². The van der Waals surface area contributed by atoms with E-state index >= 15 is 0 Å². The van der Waals surface area contributed by atoms with Crippen LogP contribution in [0.1, 0.15) is 51.2 Å². The Morgan fingerprint density at radius 3 is 2.14 bits per heavy atom. The number of amides is 2. The van der Waals surface area contributed by atoms with E-state index in [4.69, 9.17) is 4.74 Å². The highest BCUT2D eigenvalue weighted by Crippen LogP contribution is 2.51. The molecule has 1 saturated heterocycles. The number of sulfonamides is 1. The summed E-state index contributed by atoms with van der Waals surface area (Å²) in [7, 11) is -4.69. The zero-order valence-electron chi connectivity index (χ0n) is 26.6. The van der Waals surface area contributed by atoms with E-state index in [1.54, 1.807) is 20.8 Å². The standard InChI is InChI=1S/C31H36F7N3O7S/c1-28(2,3)48-27(44)40-13-12-24(19(16-40)17-42)39-26(43)15-22-8-4-18-14-20(29(45,30(33,34)35)31(36,37)38)5-11-25(18)41(22)49(46,47)23-9-6-21(32)7-10-23/h5-7,9-11,14,19,22,24,42,45H,4,8,12-13,15-17H2,1-3H3,(H,39,43)/t19-,22-,24+/m0/s1. The van der Waals surface area contributed by atoms with Gasteiger partial charge in [-0.2, -0.15) is 26.3 Å². The number of carbonyl (C=O) groups excluding carboxylic acids is 2. The third kappa shape index (κ3) is 7.90. The lowest BCUT2D eigenvalue weighted by atomic mass is 9.87. The van der Waals surface area contributed by atoms with Crippen LogP contribution in [0.2, 0.25) is 0 Å². The van der Waals surface area contributed by atoms with Crippen molar-refractivity contribution in [1.29, 1.82) is 0 Å². The number of benzene rings is 2. The molecule has 4 rings (SSSR count). The molecule has 10 nitrogen and oxygen atoms in total. The maximum atomic E-state index is 13.9. The summed E-state index contributed by atoms with van der Waals surface area (Å²) in [4.78, 5) is 26.8. The molecule has 3 N–H and O–H groups in total. The summed E-state index contributed by atoms with van der Waals surface area (Å²) in [5.74, 6) is -2.08. The molecule has 2 heterocycles. The average Bonchev–Trinajstić information content (AvgIpc) is 2.98. The molecule has 0 saturated carbocycles. The number of aliphatic hydroxyl groups is 2. The number of halogens is 7. The van der Waals surface area contributed by atoms with E-state index in [0.29, 0.717) is 22.5 Å². The molecular formula is C31H36F7N3O7S. The molecule has 2 aliphatic rings. The normalized spacial score (nSPS) is 20.9. The second kappa shape index (κ2) is 13.6. The van der Waals surface area contributed by atoms with Gasteiger partial charge in [-0.1, -0.05) is 12.1 Å². The minimum atomic E-state index is -6.18. The van der Waals surface area contributed by atoms with Crippen molar-refractivity contribution in [2.45, 2.75) is 87.0 Å². The molecule has 0 radical (unpaired) electrons. The van der Waals surface area contributed by atoms with Gasteiger partial charge in [0.25, 0.3) is 15.6 Å². The first-order valence-electron chi connectivity index (χ1n) is 15.2. The fraction of sp³-hybridized carbons (Fsp3) is 0.548. The number of hydrogen-bond donors (Lipinski definition) is 3. The number of anilines is 1. The van der Waals surface area contributed by atoms with Gasteiger partial charge < -0.3 is 25.2 Å². The number of rotatable bonds is 7. The van der Waals surface area contributed by atoms with Crippen molar-refractivity contribution in [3.8, 4) is 0 Å². The van der Waals surface area contributed by atoms with Gasteiger partial charge in [-0.25, -0.2) is 17.6 Å². The van der Waals surface area contributed by atoms with Gasteiger partial charge in [0.1, 0.15) is 11.4 Å². The summed E-state index contributed by atoms with van der Waals surface area (Å²) >= 11 is 0. The number of nitrogens with zero attached hydrogens (tertiary/aromatic N) is 2. The maximum Gasteiger partial charge on any atom is 0.430 e. The summed E-state index contributed by atoms with van der Waals surface area (Å²) in [5, 5.41) is 22.7. The highest BCUT2D eigenvalue weighted by atomic mass is 32.2. The van der Waals surface area contributed by atoms with E-state index < -0.39 is 92.9 Å². The predicted octanol–water partition coefficient (Wildman–Crippen LogP) is 4.77. The first-order valence-corrected chi connectivity index (χ1v) is 16.6. The molecule has 2 aromatic rings. The van der Waals surface area contributed by atoms with Gasteiger partial charge in [-0.3, -0.25) is 9.10 Å². The van der Waals surface area contributed by atoms with Gasteiger partial charge in [0.2, 0.25) is 5.91 Å². The van der Waals surface area contributed by atoms with Crippen molar-refractivity contribution in [3.63, 3.8) is 0 Å². The Balaban J connectivity index is 1.64. The first-order chi connectivity index (χ1) is 22.5. The Morgan fingerprint density at radius 1 is 0.980 bits per heavy atom. The molecule has 49 heavy (non-hydrogen) atoms. The third-order valence-corrected chi connectivity index (χ3v) is 10.3. The van der Waals surface area contributed by atoms with Crippen molar-refractivity contribution >= 4 is 27.7 Å². The number of ether oxygens (including phenoxy) is 1. The van der Waals surface area contributed by atoms with E-state index in [1.165, 1.54) is 4.90 Å². The van der Waals surface area contributed by atoms with Gasteiger partial charge in [0.05, 0.1) is 16.6 Å². The highest BCUT2D eigenvalue weighted by Gasteiger charge is 2.71. The Hall–Kier alpha value is -3.64. The summed E-state index contributed by atoms with van der Waals surface area (Å²) in [6.07, 6.45) is -13.8. The predicted molar refractivity (Wildman–Crippen MR) is 160 cm³/mol. The topological polar surface area (TPSA) is 136 Å². The van der Waals surface area contributed by atoms with Crippen molar-refractivity contribution < 1.29 is 63.7 Å². The van der Waals surface area contributed by atoms with Crippen LogP contribution in [0.3, 0.4) is 0 Å². The minimum absolute atomic E-state index is 0.0444. The van der Waals surface area contributed by atoms with Gasteiger partial charge in [-0.15, -0.1) is 0 Å². The van der Waals surface area contributed by atoms with Crippen LogP contribution >= 0.6 is 0 Å². The number of aliphatic hydroxyl groups excluding tert-OH is 1. The monoisotopic (exact) mass is 727 g/mol. The molecule has 0 unspecified atom stereocenters. The molecular weight excluding hydrogens is 691 g/mol. The Kier molecular flexibility index (Phi) is 10.6. The fourth-order valence-electron chi connectivity index (χ4n) is 5.96. The zero-order chi connectivity index (χ0) is 36.7. The second-order valence-corrected chi connectivity index (χ2v) is 14.8. The minimum Gasteiger partial charge on any atom is -0.444 e. The summed E-state index contributed by atoms with van der Waals surface area (Å²) in [6.45, 7) is 4.86. The molecule has 0 spiro atoms. The highest BCUT2D eigenvalue weighted by molar-refractivity contribution is 7.92. The van der Waals surface area contributed by atoms with Crippen LogP contribution in [-0.4, -0.2) is 85.3 Å². The van der Waals surface area contributed by atoms with Crippen molar-refractivity contribution in [1.82, 2.24) is 10.2 Å². The summed E-state index contributed by atoms with van der Waals surface area (Å²) in [5.41, 5.74) is -8.21. The van der Waals surface area contributed by atoms with Crippen LogP contribution in [0, 0.1) is 11.7 Å².